The van der Waals surface area contributed by atoms with Crippen LogP contribution in [0.3, 0.4) is 0 Å². The van der Waals surface area contributed by atoms with Crippen LogP contribution in [0.1, 0.15) is 36.5 Å². The van der Waals surface area contributed by atoms with Gasteiger partial charge >= 0.3 is 0 Å². The normalized spacial score (nSPS) is 9.70. The van der Waals surface area contributed by atoms with Crippen molar-refractivity contribution >= 4 is 24.1 Å². The molecule has 0 aliphatic heterocycles. The molecule has 7 heteroatoms. The van der Waals surface area contributed by atoms with Gasteiger partial charge in [-0.15, -0.1) is 12.4 Å². The molecule has 0 unspecified atom stereocenters. The number of methoxy groups -OCH3 is 1. The number of ketones is 1. The Kier molecular flexibility index (Phi) is 10.8. The van der Waals surface area contributed by atoms with Crippen LogP contribution in [-0.4, -0.2) is 38.5 Å². The zero-order valence-corrected chi connectivity index (χ0v) is 14.4. The standard InChI is InChI=1S/C16H24N2O4.ClH/c1-12(19)13-6-7-14(15(11-13)21-2)22-10-3-5-16(20)18-9-4-8-17;/h6-7,11H,3-5,8-10,17H2,1-2H3,(H,18,20);1H. The molecule has 1 aromatic rings. The van der Waals surface area contributed by atoms with Gasteiger partial charge in [-0.05, 0) is 44.5 Å². The van der Waals surface area contributed by atoms with E-state index in [1.54, 1.807) is 18.2 Å². The number of hydrogen-bond acceptors (Lipinski definition) is 5. The van der Waals surface area contributed by atoms with Crippen LogP contribution in [0.2, 0.25) is 0 Å². The lowest BCUT2D eigenvalue weighted by Crippen LogP contribution is -2.26. The minimum absolute atomic E-state index is 0. The average Bonchev–Trinajstić information content (AvgIpc) is 2.51. The van der Waals surface area contributed by atoms with Crippen molar-refractivity contribution in [3.8, 4) is 11.5 Å². The second-order valence-corrected chi connectivity index (χ2v) is 4.87. The van der Waals surface area contributed by atoms with Crippen molar-refractivity contribution in [3.63, 3.8) is 0 Å². The maximum absolute atomic E-state index is 11.5. The van der Waals surface area contributed by atoms with Crippen LogP contribution in [0.25, 0.3) is 0 Å². The molecular formula is C16H25ClN2O4. The molecule has 0 saturated carbocycles. The molecule has 3 N–H and O–H groups in total. The van der Waals surface area contributed by atoms with E-state index in [0.29, 0.717) is 49.6 Å². The molecule has 0 aliphatic rings. The molecule has 0 bridgehead atoms. The monoisotopic (exact) mass is 344 g/mol. The molecule has 1 aromatic carbocycles. The first-order chi connectivity index (χ1) is 10.6. The highest BCUT2D eigenvalue weighted by Crippen LogP contribution is 2.28. The van der Waals surface area contributed by atoms with Crippen LogP contribution in [0, 0.1) is 0 Å². The number of halogens is 1. The molecule has 0 saturated heterocycles. The topological polar surface area (TPSA) is 90.6 Å². The van der Waals surface area contributed by atoms with Crippen LogP contribution < -0.4 is 20.5 Å². The maximum atomic E-state index is 11.5. The van der Waals surface area contributed by atoms with E-state index >= 15 is 0 Å². The van der Waals surface area contributed by atoms with E-state index in [9.17, 15) is 9.59 Å². The summed E-state index contributed by atoms with van der Waals surface area (Å²) in [5.41, 5.74) is 5.93. The lowest BCUT2D eigenvalue weighted by Gasteiger charge is -2.11. The predicted octanol–water partition coefficient (Wildman–Crippen LogP) is 1.94. The molecule has 23 heavy (non-hydrogen) atoms. The summed E-state index contributed by atoms with van der Waals surface area (Å²) in [4.78, 5) is 22.8. The van der Waals surface area contributed by atoms with Crippen LogP contribution in [0.15, 0.2) is 18.2 Å². The first-order valence-electron chi connectivity index (χ1n) is 7.37. The van der Waals surface area contributed by atoms with E-state index in [2.05, 4.69) is 5.32 Å². The van der Waals surface area contributed by atoms with Gasteiger partial charge in [0.25, 0.3) is 0 Å². The summed E-state index contributed by atoms with van der Waals surface area (Å²) in [6.45, 7) is 3.08. The lowest BCUT2D eigenvalue weighted by atomic mass is 10.1. The number of nitrogens with two attached hydrogens (primary N) is 1. The summed E-state index contributed by atoms with van der Waals surface area (Å²) in [5.74, 6) is 1.05. The highest BCUT2D eigenvalue weighted by atomic mass is 35.5. The molecular weight excluding hydrogens is 320 g/mol. The Balaban J connectivity index is 0.00000484. The van der Waals surface area contributed by atoms with Crippen LogP contribution in [-0.2, 0) is 4.79 Å². The Hall–Kier alpha value is -1.79. The quantitative estimate of drug-likeness (QED) is 0.500. The smallest absolute Gasteiger partial charge is 0.220 e. The fourth-order valence-corrected chi connectivity index (χ4v) is 1.84. The molecule has 0 fully saturated rings. The van der Waals surface area contributed by atoms with Gasteiger partial charge in [0.15, 0.2) is 17.3 Å². The average molecular weight is 345 g/mol. The Morgan fingerprint density at radius 2 is 1.96 bits per heavy atom. The summed E-state index contributed by atoms with van der Waals surface area (Å²) in [6.07, 6.45) is 1.78. The van der Waals surface area contributed by atoms with Gasteiger partial charge in [-0.25, -0.2) is 0 Å². The molecule has 1 rings (SSSR count). The number of hydrogen-bond donors (Lipinski definition) is 2. The van der Waals surface area contributed by atoms with Crippen LogP contribution >= 0.6 is 12.4 Å². The second kappa shape index (κ2) is 11.7. The van der Waals surface area contributed by atoms with Crippen molar-refractivity contribution in [1.82, 2.24) is 5.32 Å². The third kappa shape index (κ3) is 7.85. The molecule has 6 nitrogen and oxygen atoms in total. The highest BCUT2D eigenvalue weighted by molar-refractivity contribution is 5.94. The minimum Gasteiger partial charge on any atom is -0.493 e. The van der Waals surface area contributed by atoms with Gasteiger partial charge in [0.05, 0.1) is 13.7 Å². The van der Waals surface area contributed by atoms with E-state index in [4.69, 9.17) is 15.2 Å². The summed E-state index contributed by atoms with van der Waals surface area (Å²) in [5, 5.41) is 2.79. The fraction of sp³-hybridized carbons (Fsp3) is 0.500. The summed E-state index contributed by atoms with van der Waals surface area (Å²) >= 11 is 0. The number of carbonyl (C=O) groups excluding carboxylic acids is 2. The summed E-state index contributed by atoms with van der Waals surface area (Å²) < 4.78 is 10.8. The number of Topliss-reactive ketones (excluding diaryl/α,β-unsaturated/α-hetero) is 1. The van der Waals surface area contributed by atoms with Crippen molar-refractivity contribution in [2.75, 3.05) is 26.8 Å². The van der Waals surface area contributed by atoms with Gasteiger partial charge in [0.1, 0.15) is 0 Å². The first kappa shape index (κ1) is 21.2. The Morgan fingerprint density at radius 3 is 2.57 bits per heavy atom. The zero-order chi connectivity index (χ0) is 16.4. The van der Waals surface area contributed by atoms with Gasteiger partial charge in [-0.3, -0.25) is 9.59 Å². The van der Waals surface area contributed by atoms with Crippen molar-refractivity contribution in [3.05, 3.63) is 23.8 Å². The zero-order valence-electron chi connectivity index (χ0n) is 13.6. The van der Waals surface area contributed by atoms with Gasteiger partial charge < -0.3 is 20.5 Å². The lowest BCUT2D eigenvalue weighted by molar-refractivity contribution is -0.121. The number of benzene rings is 1. The Morgan fingerprint density at radius 1 is 1.22 bits per heavy atom. The SMILES string of the molecule is COc1cc(C(C)=O)ccc1OCCCC(=O)NCCCN.Cl. The number of nitrogens with one attached hydrogen (secondary N) is 1. The van der Waals surface area contributed by atoms with Crippen LogP contribution in [0.4, 0.5) is 0 Å². The third-order valence-electron chi connectivity index (χ3n) is 3.08. The van der Waals surface area contributed by atoms with Gasteiger partial charge in [0.2, 0.25) is 5.91 Å². The number of ether oxygens (including phenoxy) is 2. The van der Waals surface area contributed by atoms with Gasteiger partial charge in [-0.1, -0.05) is 0 Å². The molecule has 0 aromatic heterocycles. The van der Waals surface area contributed by atoms with E-state index < -0.39 is 0 Å². The molecule has 0 atom stereocenters. The number of carbonyl (C=O) groups is 2. The predicted molar refractivity (Wildman–Crippen MR) is 91.7 cm³/mol. The highest BCUT2D eigenvalue weighted by Gasteiger charge is 2.08. The molecule has 0 aliphatic carbocycles. The first-order valence-corrected chi connectivity index (χ1v) is 7.37. The van der Waals surface area contributed by atoms with E-state index in [-0.39, 0.29) is 24.1 Å². The second-order valence-electron chi connectivity index (χ2n) is 4.87. The Bertz CT molecular complexity index is 509. The van der Waals surface area contributed by atoms with Crippen molar-refractivity contribution in [2.45, 2.75) is 26.2 Å². The van der Waals surface area contributed by atoms with E-state index in [1.165, 1.54) is 14.0 Å². The molecule has 0 spiro atoms. The van der Waals surface area contributed by atoms with Gasteiger partial charge in [-0.2, -0.15) is 0 Å². The van der Waals surface area contributed by atoms with Gasteiger partial charge in [0, 0.05) is 18.5 Å². The summed E-state index contributed by atoms with van der Waals surface area (Å²) in [6, 6.07) is 5.05. The molecule has 0 heterocycles. The van der Waals surface area contributed by atoms with Crippen molar-refractivity contribution in [1.29, 1.82) is 0 Å². The molecule has 1 amide bonds. The molecule has 130 valence electrons. The molecule has 0 radical (unpaired) electrons. The minimum atomic E-state index is -0.0287. The van der Waals surface area contributed by atoms with Crippen molar-refractivity contribution < 1.29 is 19.1 Å². The Labute approximate surface area is 143 Å². The fourth-order valence-electron chi connectivity index (χ4n) is 1.84. The number of rotatable bonds is 10. The summed E-state index contributed by atoms with van der Waals surface area (Å²) in [7, 11) is 1.52. The third-order valence-corrected chi connectivity index (χ3v) is 3.08. The van der Waals surface area contributed by atoms with Crippen molar-refractivity contribution in [2.24, 2.45) is 5.73 Å². The largest absolute Gasteiger partial charge is 0.493 e. The number of amides is 1. The van der Waals surface area contributed by atoms with E-state index in [1.807, 2.05) is 0 Å². The van der Waals surface area contributed by atoms with Crippen LogP contribution in [0.5, 0.6) is 11.5 Å². The maximum Gasteiger partial charge on any atom is 0.220 e. The van der Waals surface area contributed by atoms with E-state index in [0.717, 1.165) is 6.42 Å².